The first-order valence-electron chi connectivity index (χ1n) is 6.53. The normalized spacial score (nSPS) is 13.8. The molecule has 0 bridgehead atoms. The molecular weight excluding hydrogens is 338 g/mol. The highest BCUT2D eigenvalue weighted by atomic mass is 79.9. The maximum Gasteiger partial charge on any atom is 0.139 e. The second kappa shape index (κ2) is 7.11. The molecule has 0 aliphatic heterocycles. The van der Waals surface area contributed by atoms with E-state index in [4.69, 9.17) is 22.1 Å². The lowest BCUT2D eigenvalue weighted by Crippen LogP contribution is -2.31. The molecule has 0 saturated carbocycles. The van der Waals surface area contributed by atoms with Gasteiger partial charge in [0.25, 0.3) is 0 Å². The summed E-state index contributed by atoms with van der Waals surface area (Å²) in [4.78, 5) is 0. The van der Waals surface area contributed by atoms with Crippen LogP contribution in [0.2, 0.25) is 5.02 Å². The molecule has 2 aromatic rings. The summed E-state index contributed by atoms with van der Waals surface area (Å²) in [7, 11) is 0. The van der Waals surface area contributed by atoms with Gasteiger partial charge in [0.15, 0.2) is 0 Å². The maximum absolute atomic E-state index is 6.21. The summed E-state index contributed by atoms with van der Waals surface area (Å²) >= 11 is 9.37. The van der Waals surface area contributed by atoms with Gasteiger partial charge in [0.05, 0.1) is 0 Å². The average Bonchev–Trinajstić information content (AvgIpc) is 2.46. The van der Waals surface area contributed by atoms with Gasteiger partial charge >= 0.3 is 0 Å². The number of halogens is 2. The third-order valence-electron chi connectivity index (χ3n) is 3.11. The lowest BCUT2D eigenvalue weighted by molar-refractivity contribution is 0.171. The summed E-state index contributed by atoms with van der Waals surface area (Å²) in [6, 6.07) is 15.3. The smallest absolute Gasteiger partial charge is 0.139 e. The molecule has 0 amide bonds. The second-order valence-electron chi connectivity index (χ2n) is 4.62. The van der Waals surface area contributed by atoms with Crippen molar-refractivity contribution >= 4 is 27.5 Å². The predicted octanol–water partition coefficient (Wildman–Crippen LogP) is 4.96. The first-order chi connectivity index (χ1) is 9.60. The topological polar surface area (TPSA) is 35.2 Å². The van der Waals surface area contributed by atoms with Crippen molar-refractivity contribution < 1.29 is 4.74 Å². The molecule has 0 spiro atoms. The number of benzene rings is 2. The fraction of sp³-hybridized carbons (Fsp3) is 0.250. The van der Waals surface area contributed by atoms with E-state index in [9.17, 15) is 0 Å². The van der Waals surface area contributed by atoms with Crippen molar-refractivity contribution in [3.8, 4) is 5.75 Å². The minimum absolute atomic E-state index is 0.0695. The third-order valence-corrected chi connectivity index (χ3v) is 3.86. The van der Waals surface area contributed by atoms with Crippen molar-refractivity contribution in [3.05, 3.63) is 63.6 Å². The summed E-state index contributed by atoms with van der Waals surface area (Å²) in [5.41, 5.74) is 7.27. The second-order valence-corrected chi connectivity index (χ2v) is 5.97. The Morgan fingerprint density at radius 2 is 1.90 bits per heavy atom. The maximum atomic E-state index is 6.21. The van der Waals surface area contributed by atoms with Gasteiger partial charge in [-0.3, -0.25) is 0 Å². The molecule has 2 rings (SSSR count). The molecule has 0 aliphatic carbocycles. The molecule has 4 heteroatoms. The molecular formula is C16H17BrClNO. The first-order valence-corrected chi connectivity index (χ1v) is 7.70. The Hall–Kier alpha value is -1.03. The highest BCUT2D eigenvalue weighted by molar-refractivity contribution is 9.10. The van der Waals surface area contributed by atoms with Crippen LogP contribution in [0.5, 0.6) is 5.75 Å². The Kier molecular flexibility index (Phi) is 5.46. The number of hydrogen-bond donors (Lipinski definition) is 1. The van der Waals surface area contributed by atoms with Gasteiger partial charge in [-0.25, -0.2) is 0 Å². The molecule has 0 saturated heterocycles. The van der Waals surface area contributed by atoms with Crippen LogP contribution < -0.4 is 10.5 Å². The zero-order chi connectivity index (χ0) is 14.5. The monoisotopic (exact) mass is 353 g/mol. The van der Waals surface area contributed by atoms with Crippen LogP contribution in [0.1, 0.15) is 25.0 Å². The van der Waals surface area contributed by atoms with E-state index in [1.807, 2.05) is 48.5 Å². The zero-order valence-corrected chi connectivity index (χ0v) is 13.6. The largest absolute Gasteiger partial charge is 0.484 e. The molecule has 0 aromatic heterocycles. The summed E-state index contributed by atoms with van der Waals surface area (Å²) in [6.45, 7) is 2.06. The highest BCUT2D eigenvalue weighted by Crippen LogP contribution is 2.28. The Balaban J connectivity index is 2.26. The minimum Gasteiger partial charge on any atom is -0.484 e. The van der Waals surface area contributed by atoms with Gasteiger partial charge < -0.3 is 10.5 Å². The fourth-order valence-electron chi connectivity index (χ4n) is 1.96. The number of ether oxygens (including phenoxy) is 1. The number of hydrogen-bond acceptors (Lipinski definition) is 2. The van der Waals surface area contributed by atoms with Crippen molar-refractivity contribution in [1.82, 2.24) is 0 Å². The Morgan fingerprint density at radius 3 is 2.50 bits per heavy atom. The average molecular weight is 355 g/mol. The van der Waals surface area contributed by atoms with Gasteiger partial charge in [-0.05, 0) is 48.4 Å². The van der Waals surface area contributed by atoms with Crippen LogP contribution in [-0.4, -0.2) is 6.04 Å². The van der Waals surface area contributed by atoms with E-state index in [2.05, 4.69) is 22.9 Å². The molecule has 2 nitrogen and oxygen atoms in total. The molecule has 2 aromatic carbocycles. The Morgan fingerprint density at radius 1 is 1.20 bits per heavy atom. The summed E-state index contributed by atoms with van der Waals surface area (Å²) in [6.07, 6.45) is 0.656. The third kappa shape index (κ3) is 3.98. The summed E-state index contributed by atoms with van der Waals surface area (Å²) < 4.78 is 7.08. The Labute approximate surface area is 133 Å². The molecule has 20 heavy (non-hydrogen) atoms. The van der Waals surface area contributed by atoms with E-state index >= 15 is 0 Å². The van der Waals surface area contributed by atoms with Crippen molar-refractivity contribution in [1.29, 1.82) is 0 Å². The molecule has 2 N–H and O–H groups in total. The van der Waals surface area contributed by atoms with Crippen LogP contribution in [0.25, 0.3) is 0 Å². The van der Waals surface area contributed by atoms with E-state index in [0.29, 0.717) is 5.02 Å². The summed E-state index contributed by atoms with van der Waals surface area (Å²) in [5.74, 6) is 0.767. The first kappa shape index (κ1) is 15.4. The van der Waals surface area contributed by atoms with Crippen LogP contribution in [-0.2, 0) is 0 Å². The predicted molar refractivity (Wildman–Crippen MR) is 87.2 cm³/mol. The van der Waals surface area contributed by atoms with Crippen LogP contribution in [0, 0.1) is 0 Å². The minimum atomic E-state index is -0.182. The van der Waals surface area contributed by atoms with Gasteiger partial charge in [0.2, 0.25) is 0 Å². The van der Waals surface area contributed by atoms with Crippen LogP contribution in [0.15, 0.2) is 53.0 Å². The van der Waals surface area contributed by atoms with Crippen LogP contribution >= 0.6 is 27.5 Å². The fourth-order valence-corrected chi connectivity index (χ4v) is 2.50. The van der Waals surface area contributed by atoms with Gasteiger partial charge in [-0.2, -0.15) is 0 Å². The molecule has 106 valence electrons. The molecule has 2 atom stereocenters. The van der Waals surface area contributed by atoms with Crippen molar-refractivity contribution in [3.63, 3.8) is 0 Å². The Bertz CT molecular complexity index is 559. The van der Waals surface area contributed by atoms with Crippen molar-refractivity contribution in [2.45, 2.75) is 25.5 Å². The van der Waals surface area contributed by atoms with Gasteiger partial charge in [-0.15, -0.1) is 0 Å². The van der Waals surface area contributed by atoms with Crippen molar-refractivity contribution in [2.24, 2.45) is 5.73 Å². The lowest BCUT2D eigenvalue weighted by Gasteiger charge is -2.25. The molecule has 0 fully saturated rings. The van der Waals surface area contributed by atoms with Gasteiger partial charge in [-0.1, -0.05) is 46.6 Å². The summed E-state index contributed by atoms with van der Waals surface area (Å²) in [5, 5.41) is 0.691. The van der Waals surface area contributed by atoms with Crippen LogP contribution in [0.3, 0.4) is 0 Å². The van der Waals surface area contributed by atoms with E-state index in [1.165, 1.54) is 0 Å². The number of rotatable bonds is 5. The van der Waals surface area contributed by atoms with Crippen LogP contribution in [0.4, 0.5) is 0 Å². The number of nitrogens with two attached hydrogens (primary N) is 1. The van der Waals surface area contributed by atoms with Gasteiger partial charge in [0, 0.05) is 15.5 Å². The SMILES string of the molecule is CCC(N)C(Oc1ccc(Cl)cc1)c1cccc(Br)c1. The lowest BCUT2D eigenvalue weighted by atomic mass is 10.0. The highest BCUT2D eigenvalue weighted by Gasteiger charge is 2.20. The van der Waals surface area contributed by atoms with E-state index in [0.717, 1.165) is 22.2 Å². The molecule has 0 aliphatic rings. The zero-order valence-electron chi connectivity index (χ0n) is 11.2. The van der Waals surface area contributed by atoms with E-state index in [-0.39, 0.29) is 12.1 Å². The molecule has 0 radical (unpaired) electrons. The molecule has 0 heterocycles. The van der Waals surface area contributed by atoms with E-state index < -0.39 is 0 Å². The van der Waals surface area contributed by atoms with Crippen molar-refractivity contribution in [2.75, 3.05) is 0 Å². The van der Waals surface area contributed by atoms with E-state index in [1.54, 1.807) is 0 Å². The van der Waals surface area contributed by atoms with Gasteiger partial charge in [0.1, 0.15) is 11.9 Å². The quantitative estimate of drug-likeness (QED) is 0.823. The standard InChI is InChI=1S/C16H17BrClNO/c1-2-15(19)16(11-4-3-5-12(17)10-11)20-14-8-6-13(18)7-9-14/h3-10,15-16H,2,19H2,1H3. The molecule has 2 unspecified atom stereocenters.